The normalized spacial score (nSPS) is 11.2. The van der Waals surface area contributed by atoms with Crippen molar-refractivity contribution in [2.45, 2.75) is 12.5 Å². The van der Waals surface area contributed by atoms with Crippen LogP contribution in [0.15, 0.2) is 36.7 Å². The number of amides is 1. The zero-order valence-electron chi connectivity index (χ0n) is 12.7. The second kappa shape index (κ2) is 8.04. The van der Waals surface area contributed by atoms with E-state index in [1.54, 1.807) is 30.3 Å². The highest BCUT2D eigenvalue weighted by atomic mass is 35.5. The number of hydrogen-bond acceptors (Lipinski definition) is 6. The zero-order chi connectivity index (χ0) is 17.5. The second-order valence-corrected chi connectivity index (χ2v) is 5.04. The van der Waals surface area contributed by atoms with E-state index in [-0.39, 0.29) is 11.6 Å². The van der Waals surface area contributed by atoms with Gasteiger partial charge in [-0.1, -0.05) is 23.7 Å². The monoisotopic (exact) mass is 344 g/mol. The molecule has 1 amide bonds. The molecule has 7 nitrogen and oxygen atoms in total. The fourth-order valence-electron chi connectivity index (χ4n) is 2.05. The summed E-state index contributed by atoms with van der Waals surface area (Å²) in [6.45, 7) is 0. The van der Waals surface area contributed by atoms with Gasteiger partial charge in [-0.15, -0.1) is 0 Å². The van der Waals surface area contributed by atoms with Gasteiger partial charge < -0.3 is 10.1 Å². The van der Waals surface area contributed by atoms with E-state index in [1.165, 1.54) is 19.5 Å². The van der Waals surface area contributed by atoms with Crippen LogP contribution in [-0.2, 0) is 9.53 Å². The molecule has 1 aromatic heterocycles. The van der Waals surface area contributed by atoms with Crippen LogP contribution in [0.1, 0.15) is 34.1 Å². The summed E-state index contributed by atoms with van der Waals surface area (Å²) in [4.78, 5) is 31.5. The molecule has 0 saturated heterocycles. The minimum absolute atomic E-state index is 0.136. The molecule has 1 N–H and O–H groups in total. The quantitative estimate of drug-likeness (QED) is 0.832. The summed E-state index contributed by atoms with van der Waals surface area (Å²) in [5.74, 6) is -0.939. The van der Waals surface area contributed by atoms with Gasteiger partial charge in [0.05, 0.1) is 24.8 Å². The molecule has 0 fully saturated rings. The number of carbonyl (C=O) groups is 2. The number of methoxy groups -OCH3 is 1. The summed E-state index contributed by atoms with van der Waals surface area (Å²) in [5, 5.41) is 11.5. The van der Waals surface area contributed by atoms with Gasteiger partial charge in [0, 0.05) is 12.4 Å². The van der Waals surface area contributed by atoms with Crippen LogP contribution in [0.5, 0.6) is 0 Å². The molecular formula is C16H13ClN4O3. The fourth-order valence-corrected chi connectivity index (χ4v) is 2.26. The third kappa shape index (κ3) is 4.06. The third-order valence-corrected chi connectivity index (χ3v) is 3.45. The number of ether oxygens (including phenoxy) is 1. The van der Waals surface area contributed by atoms with Crippen molar-refractivity contribution in [1.82, 2.24) is 15.3 Å². The van der Waals surface area contributed by atoms with Crippen molar-refractivity contribution in [3.63, 3.8) is 0 Å². The molecular weight excluding hydrogens is 332 g/mol. The smallest absolute Gasteiger partial charge is 0.337 e. The first-order chi connectivity index (χ1) is 11.6. The Labute approximate surface area is 143 Å². The third-order valence-electron chi connectivity index (χ3n) is 3.16. The number of carbonyl (C=O) groups excluding carboxylic acids is 2. The van der Waals surface area contributed by atoms with Crippen molar-refractivity contribution in [2.75, 3.05) is 7.11 Å². The van der Waals surface area contributed by atoms with Crippen molar-refractivity contribution in [1.29, 1.82) is 5.26 Å². The number of aromatic nitrogens is 2. The Morgan fingerprint density at radius 2 is 1.96 bits per heavy atom. The largest absolute Gasteiger partial charge is 0.465 e. The van der Waals surface area contributed by atoms with E-state index in [0.29, 0.717) is 16.8 Å². The minimum Gasteiger partial charge on any atom is -0.465 e. The Balaban J connectivity index is 2.39. The zero-order valence-corrected chi connectivity index (χ0v) is 13.4. The molecule has 0 spiro atoms. The first kappa shape index (κ1) is 17.4. The van der Waals surface area contributed by atoms with Gasteiger partial charge in [0.1, 0.15) is 12.1 Å². The number of halogens is 1. The summed E-state index contributed by atoms with van der Waals surface area (Å²) in [6, 6.07) is 7.51. The van der Waals surface area contributed by atoms with Gasteiger partial charge in [0.2, 0.25) is 5.91 Å². The number of benzene rings is 1. The summed E-state index contributed by atoms with van der Waals surface area (Å²) in [5.41, 5.74) is 1.35. The number of hydrogen-bond donors (Lipinski definition) is 1. The highest BCUT2D eigenvalue weighted by Gasteiger charge is 2.21. The summed E-state index contributed by atoms with van der Waals surface area (Å²) in [7, 11) is 1.29. The van der Waals surface area contributed by atoms with Gasteiger partial charge in [0.15, 0.2) is 5.15 Å². The van der Waals surface area contributed by atoms with Gasteiger partial charge in [-0.05, 0) is 17.7 Å². The molecule has 0 saturated carbocycles. The molecule has 0 aliphatic carbocycles. The lowest BCUT2D eigenvalue weighted by Crippen LogP contribution is -2.29. The minimum atomic E-state index is -0.696. The van der Waals surface area contributed by atoms with E-state index < -0.39 is 17.9 Å². The molecule has 0 aliphatic heterocycles. The molecule has 8 heteroatoms. The van der Waals surface area contributed by atoms with Crippen molar-refractivity contribution in [3.05, 3.63) is 58.6 Å². The van der Waals surface area contributed by atoms with Crippen molar-refractivity contribution in [3.8, 4) is 6.07 Å². The highest BCUT2D eigenvalue weighted by Crippen LogP contribution is 2.25. The van der Waals surface area contributed by atoms with Crippen LogP contribution < -0.4 is 5.32 Å². The van der Waals surface area contributed by atoms with Gasteiger partial charge in [-0.25, -0.2) is 9.78 Å². The van der Waals surface area contributed by atoms with E-state index >= 15 is 0 Å². The lowest BCUT2D eigenvalue weighted by atomic mass is 10.0. The van der Waals surface area contributed by atoms with Gasteiger partial charge in [-0.2, -0.15) is 5.26 Å². The van der Waals surface area contributed by atoms with Crippen LogP contribution >= 0.6 is 11.6 Å². The molecule has 0 unspecified atom stereocenters. The molecule has 2 aromatic rings. The van der Waals surface area contributed by atoms with E-state index in [1.807, 2.05) is 0 Å². The fraction of sp³-hybridized carbons (Fsp3) is 0.188. The Morgan fingerprint density at radius 1 is 1.29 bits per heavy atom. The molecule has 1 aromatic carbocycles. The predicted octanol–water partition coefficient (Wildman–Crippen LogP) is 2.04. The summed E-state index contributed by atoms with van der Waals surface area (Å²) < 4.78 is 4.65. The maximum absolute atomic E-state index is 11.8. The number of nitrogens with zero attached hydrogens (tertiary/aromatic N) is 3. The molecule has 1 atom stereocenters. The first-order valence-electron chi connectivity index (χ1n) is 6.87. The lowest BCUT2D eigenvalue weighted by molar-refractivity contribution is -0.120. The molecule has 0 aliphatic rings. The molecule has 24 heavy (non-hydrogen) atoms. The maximum Gasteiger partial charge on any atom is 0.337 e. The Hall–Kier alpha value is -2.98. The number of esters is 1. The molecule has 0 bridgehead atoms. The van der Waals surface area contributed by atoms with Crippen LogP contribution in [0.3, 0.4) is 0 Å². The first-order valence-corrected chi connectivity index (χ1v) is 7.25. The number of rotatable bonds is 5. The predicted molar refractivity (Wildman–Crippen MR) is 85.0 cm³/mol. The summed E-state index contributed by atoms with van der Waals surface area (Å²) in [6.07, 6.45) is 2.59. The lowest BCUT2D eigenvalue weighted by Gasteiger charge is -2.19. The van der Waals surface area contributed by atoms with Crippen LogP contribution in [-0.4, -0.2) is 29.0 Å². The number of nitriles is 1. The molecule has 122 valence electrons. The van der Waals surface area contributed by atoms with Crippen molar-refractivity contribution >= 4 is 23.5 Å². The maximum atomic E-state index is 11.8. The molecule has 0 radical (unpaired) electrons. The molecule has 1 heterocycles. The Kier molecular flexibility index (Phi) is 5.82. The van der Waals surface area contributed by atoms with Crippen LogP contribution in [0.4, 0.5) is 0 Å². The van der Waals surface area contributed by atoms with Gasteiger partial charge in [-0.3, -0.25) is 9.78 Å². The van der Waals surface area contributed by atoms with Crippen molar-refractivity contribution in [2.24, 2.45) is 0 Å². The highest BCUT2D eigenvalue weighted by molar-refractivity contribution is 6.30. The average Bonchev–Trinajstić information content (AvgIpc) is 2.60. The average molecular weight is 345 g/mol. The van der Waals surface area contributed by atoms with E-state index in [9.17, 15) is 9.59 Å². The van der Waals surface area contributed by atoms with Gasteiger partial charge >= 0.3 is 5.97 Å². The summed E-state index contributed by atoms with van der Waals surface area (Å²) >= 11 is 6.07. The van der Waals surface area contributed by atoms with Crippen LogP contribution in [0, 0.1) is 11.3 Å². The van der Waals surface area contributed by atoms with Crippen molar-refractivity contribution < 1.29 is 14.3 Å². The SMILES string of the molecule is COC(=O)c1ccc([C@@H](NC(=O)CC#N)c2nccnc2Cl)cc1. The Morgan fingerprint density at radius 3 is 2.54 bits per heavy atom. The van der Waals surface area contributed by atoms with Crippen LogP contribution in [0.25, 0.3) is 0 Å². The van der Waals surface area contributed by atoms with E-state index in [0.717, 1.165) is 0 Å². The van der Waals surface area contributed by atoms with E-state index in [4.69, 9.17) is 16.9 Å². The van der Waals surface area contributed by atoms with Crippen LogP contribution in [0.2, 0.25) is 5.15 Å². The standard InChI is InChI=1S/C16H13ClN4O3/c1-24-16(23)11-4-2-10(3-5-11)13(21-12(22)6-7-18)14-15(17)20-9-8-19-14/h2-5,8-9,13H,6H2,1H3,(H,21,22)/t13-/m1/s1. The second-order valence-electron chi connectivity index (χ2n) is 4.68. The van der Waals surface area contributed by atoms with E-state index in [2.05, 4.69) is 20.0 Å². The number of nitrogens with one attached hydrogen (secondary N) is 1. The topological polar surface area (TPSA) is 105 Å². The Bertz CT molecular complexity index is 787. The molecule has 2 rings (SSSR count). The van der Waals surface area contributed by atoms with Gasteiger partial charge in [0.25, 0.3) is 0 Å².